The maximum Gasteiger partial charge on any atom is 0.416 e. The van der Waals surface area contributed by atoms with Crippen LogP contribution in [-0.2, 0) is 6.18 Å². The molecule has 0 aromatic heterocycles. The molecule has 0 spiro atoms. The van der Waals surface area contributed by atoms with E-state index in [1.165, 1.54) is 12.1 Å². The molecule has 0 aliphatic carbocycles. The fourth-order valence-corrected chi connectivity index (χ4v) is 2.65. The minimum absolute atomic E-state index is 0.587. The Kier molecular flexibility index (Phi) is 3.24. The predicted octanol–water partition coefficient (Wildman–Crippen LogP) is 4.84. The molecule has 1 aliphatic rings. The summed E-state index contributed by atoms with van der Waals surface area (Å²) in [4.78, 5) is 2.05. The number of likely N-dealkylation sites (N-methyl/N-ethyl adjacent to an activating group) is 1. The van der Waals surface area contributed by atoms with E-state index in [-0.39, 0.29) is 0 Å². The quantitative estimate of drug-likeness (QED) is 0.726. The third kappa shape index (κ3) is 2.53. The number of nitrogens with zero attached hydrogens (tertiary/aromatic N) is 1. The molecule has 0 radical (unpaired) electrons. The number of fused-ring (bicyclic) bond motifs is 1. The second-order valence-electron chi connectivity index (χ2n) is 5.10. The fourth-order valence-electron chi connectivity index (χ4n) is 2.65. The minimum Gasteiger partial charge on any atom is -0.370 e. The van der Waals surface area contributed by atoms with Gasteiger partial charge < -0.3 is 4.90 Å². The van der Waals surface area contributed by atoms with Gasteiger partial charge in [-0.15, -0.1) is 0 Å². The van der Waals surface area contributed by atoms with E-state index in [0.717, 1.165) is 29.4 Å². The first kappa shape index (κ1) is 13.7. The highest BCUT2D eigenvalue weighted by Crippen LogP contribution is 2.38. The third-order valence-electron chi connectivity index (χ3n) is 3.63. The van der Waals surface area contributed by atoms with Crippen molar-refractivity contribution in [2.45, 2.75) is 6.18 Å². The molecule has 1 aliphatic heterocycles. The van der Waals surface area contributed by atoms with Gasteiger partial charge in [0.1, 0.15) is 0 Å². The number of benzene rings is 2. The lowest BCUT2D eigenvalue weighted by atomic mass is 9.96. The van der Waals surface area contributed by atoms with Gasteiger partial charge in [0.2, 0.25) is 0 Å². The van der Waals surface area contributed by atoms with E-state index in [0.29, 0.717) is 5.56 Å². The first-order valence-corrected chi connectivity index (χ1v) is 6.65. The molecule has 0 atom stereocenters. The van der Waals surface area contributed by atoms with Gasteiger partial charge in [0.05, 0.1) is 11.3 Å². The molecule has 0 fully saturated rings. The largest absolute Gasteiger partial charge is 0.416 e. The van der Waals surface area contributed by atoms with E-state index in [2.05, 4.69) is 0 Å². The van der Waals surface area contributed by atoms with E-state index in [4.69, 9.17) is 0 Å². The fraction of sp³-hybridized carbons (Fsp3) is 0.176. The lowest BCUT2D eigenvalue weighted by Crippen LogP contribution is -2.21. The molecule has 0 bridgehead atoms. The zero-order chi connectivity index (χ0) is 15.0. The van der Waals surface area contributed by atoms with Crippen LogP contribution in [0, 0.1) is 0 Å². The molecular formula is C17H14F3N. The summed E-state index contributed by atoms with van der Waals surface area (Å²) >= 11 is 0. The van der Waals surface area contributed by atoms with Crippen molar-refractivity contribution < 1.29 is 13.2 Å². The third-order valence-corrected chi connectivity index (χ3v) is 3.63. The molecular weight excluding hydrogens is 275 g/mol. The lowest BCUT2D eigenvalue weighted by molar-refractivity contribution is -0.137. The first-order chi connectivity index (χ1) is 9.97. The van der Waals surface area contributed by atoms with Gasteiger partial charge in [0, 0.05) is 19.2 Å². The van der Waals surface area contributed by atoms with Gasteiger partial charge in [-0.05, 0) is 23.3 Å². The van der Waals surface area contributed by atoms with Crippen molar-refractivity contribution in [1.29, 1.82) is 0 Å². The smallest absolute Gasteiger partial charge is 0.370 e. The van der Waals surface area contributed by atoms with Crippen molar-refractivity contribution in [3.63, 3.8) is 0 Å². The highest BCUT2D eigenvalue weighted by atomic mass is 19.4. The Balaban J connectivity index is 2.16. The van der Waals surface area contributed by atoms with Crippen LogP contribution in [0.1, 0.15) is 11.1 Å². The zero-order valence-electron chi connectivity index (χ0n) is 11.5. The van der Waals surface area contributed by atoms with Gasteiger partial charge >= 0.3 is 6.18 Å². The first-order valence-electron chi connectivity index (χ1n) is 6.65. The average Bonchev–Trinajstić information content (AvgIpc) is 2.46. The summed E-state index contributed by atoms with van der Waals surface area (Å²) in [5, 5.41) is 0. The van der Waals surface area contributed by atoms with Crippen molar-refractivity contribution in [3.8, 4) is 11.1 Å². The highest BCUT2D eigenvalue weighted by molar-refractivity contribution is 5.87. The van der Waals surface area contributed by atoms with Gasteiger partial charge in [0.25, 0.3) is 0 Å². The van der Waals surface area contributed by atoms with Crippen LogP contribution in [0.2, 0.25) is 0 Å². The molecule has 0 N–H and O–H groups in total. The Morgan fingerprint density at radius 3 is 2.57 bits per heavy atom. The maximum absolute atomic E-state index is 12.9. The van der Waals surface area contributed by atoms with Crippen LogP contribution in [0.5, 0.6) is 0 Å². The molecule has 1 nitrogen and oxygen atoms in total. The van der Waals surface area contributed by atoms with Crippen LogP contribution in [0.15, 0.2) is 48.5 Å². The van der Waals surface area contributed by atoms with Crippen molar-refractivity contribution in [3.05, 3.63) is 59.7 Å². The minimum atomic E-state index is -4.32. The Labute approximate surface area is 121 Å². The summed E-state index contributed by atoms with van der Waals surface area (Å²) in [5.74, 6) is 0. The number of halogens is 3. The van der Waals surface area contributed by atoms with Crippen LogP contribution in [0.4, 0.5) is 18.9 Å². The Morgan fingerprint density at radius 2 is 1.81 bits per heavy atom. The van der Waals surface area contributed by atoms with Gasteiger partial charge in [0.15, 0.2) is 0 Å². The number of alkyl halides is 3. The summed E-state index contributed by atoms with van der Waals surface area (Å²) in [7, 11) is 1.94. The van der Waals surface area contributed by atoms with E-state index < -0.39 is 11.7 Å². The Morgan fingerprint density at radius 1 is 1.05 bits per heavy atom. The van der Waals surface area contributed by atoms with Crippen LogP contribution in [0.3, 0.4) is 0 Å². The van der Waals surface area contributed by atoms with Gasteiger partial charge in [-0.1, -0.05) is 42.5 Å². The summed E-state index contributed by atoms with van der Waals surface area (Å²) < 4.78 is 38.6. The van der Waals surface area contributed by atoms with Crippen LogP contribution in [0.25, 0.3) is 17.2 Å². The van der Waals surface area contributed by atoms with Crippen LogP contribution < -0.4 is 4.90 Å². The summed E-state index contributed by atoms with van der Waals surface area (Å²) in [5.41, 5.74) is 2.79. The normalized spacial score (nSPS) is 14.2. The van der Waals surface area contributed by atoms with Crippen LogP contribution in [-0.4, -0.2) is 13.6 Å². The molecule has 3 rings (SSSR count). The Bertz CT molecular complexity index is 701. The Hall–Kier alpha value is -2.23. The van der Waals surface area contributed by atoms with Gasteiger partial charge in [-0.2, -0.15) is 13.2 Å². The maximum atomic E-state index is 12.9. The van der Waals surface area contributed by atoms with Crippen molar-refractivity contribution >= 4 is 11.8 Å². The summed E-state index contributed by atoms with van der Waals surface area (Å²) in [6.45, 7) is 0.753. The van der Waals surface area contributed by atoms with Crippen molar-refractivity contribution in [1.82, 2.24) is 0 Å². The average molecular weight is 289 g/mol. The molecule has 2 aromatic rings. The second kappa shape index (κ2) is 4.95. The number of hydrogen-bond donors (Lipinski definition) is 0. The lowest BCUT2D eigenvalue weighted by Gasteiger charge is -2.26. The number of anilines is 1. The molecule has 21 heavy (non-hydrogen) atoms. The molecule has 0 saturated heterocycles. The second-order valence-corrected chi connectivity index (χ2v) is 5.10. The monoisotopic (exact) mass is 289 g/mol. The molecule has 4 heteroatoms. The van der Waals surface area contributed by atoms with Crippen molar-refractivity contribution in [2.75, 3.05) is 18.5 Å². The SMILES string of the molecule is CN1CC=Cc2cccc(-c3cccc(C(F)(F)F)c3)c21. The summed E-state index contributed by atoms with van der Waals surface area (Å²) in [6.07, 6.45) is -0.276. The summed E-state index contributed by atoms with van der Waals surface area (Å²) in [6, 6.07) is 11.2. The number of para-hydroxylation sites is 1. The number of hydrogen-bond acceptors (Lipinski definition) is 1. The molecule has 0 amide bonds. The molecule has 0 unspecified atom stereocenters. The van der Waals surface area contributed by atoms with Gasteiger partial charge in [-0.3, -0.25) is 0 Å². The topological polar surface area (TPSA) is 3.24 Å². The standard InChI is InChI=1S/C17H14F3N/c1-21-10-4-7-12-5-3-9-15(16(12)21)13-6-2-8-14(11-13)17(18,19)20/h2-9,11H,10H2,1H3. The van der Waals surface area contributed by atoms with Crippen molar-refractivity contribution in [2.24, 2.45) is 0 Å². The van der Waals surface area contributed by atoms with E-state index in [1.807, 2.05) is 42.3 Å². The van der Waals surface area contributed by atoms with E-state index >= 15 is 0 Å². The molecule has 108 valence electrons. The number of rotatable bonds is 1. The van der Waals surface area contributed by atoms with E-state index in [1.54, 1.807) is 6.07 Å². The highest BCUT2D eigenvalue weighted by Gasteiger charge is 2.30. The molecule has 2 aromatic carbocycles. The predicted molar refractivity (Wildman–Crippen MR) is 79.2 cm³/mol. The molecule has 0 saturated carbocycles. The van der Waals surface area contributed by atoms with E-state index in [9.17, 15) is 13.2 Å². The van der Waals surface area contributed by atoms with Crippen LogP contribution >= 0.6 is 0 Å². The van der Waals surface area contributed by atoms with Gasteiger partial charge in [-0.25, -0.2) is 0 Å². The molecule has 1 heterocycles. The zero-order valence-corrected chi connectivity index (χ0v) is 11.5.